The quantitative estimate of drug-likeness (QED) is 0.648. The van der Waals surface area contributed by atoms with Gasteiger partial charge in [-0.3, -0.25) is 14.7 Å². The van der Waals surface area contributed by atoms with Crippen molar-refractivity contribution >= 4 is 22.9 Å². The Hall–Kier alpha value is -3.18. The van der Waals surface area contributed by atoms with E-state index in [0.717, 1.165) is 55.1 Å². The van der Waals surface area contributed by atoms with Crippen molar-refractivity contribution in [3.63, 3.8) is 0 Å². The van der Waals surface area contributed by atoms with E-state index >= 15 is 0 Å². The fraction of sp³-hybridized carbons (Fsp3) is 0.280. The van der Waals surface area contributed by atoms with Gasteiger partial charge in [-0.15, -0.1) is 0 Å². The molecular weight excluding hydrogens is 374 g/mol. The third kappa shape index (κ3) is 4.52. The zero-order valence-corrected chi connectivity index (χ0v) is 17.5. The molecule has 1 aliphatic heterocycles. The molecule has 0 unspecified atom stereocenters. The van der Waals surface area contributed by atoms with Crippen LogP contribution in [0.4, 0.5) is 0 Å². The van der Waals surface area contributed by atoms with Crippen molar-refractivity contribution < 1.29 is 9.53 Å². The molecule has 4 rings (SSSR count). The van der Waals surface area contributed by atoms with Crippen LogP contribution >= 0.6 is 0 Å². The van der Waals surface area contributed by atoms with Crippen LogP contribution in [0.2, 0.25) is 0 Å². The lowest BCUT2D eigenvalue weighted by molar-refractivity contribution is 0.0649. The standard InChI is InChI=1S/C25H27N3O2/c1-19-23(18-21-17-22(30-2)10-11-24(21)26-19)25(29)28-15-13-27(14-16-28)12-6-9-20-7-4-3-5-8-20/h3-11,17-18H,12-16H2,1-2H3/b9-6+. The van der Waals surface area contributed by atoms with E-state index in [1.54, 1.807) is 7.11 Å². The van der Waals surface area contributed by atoms with Gasteiger partial charge in [0, 0.05) is 38.1 Å². The van der Waals surface area contributed by atoms with Crippen molar-refractivity contribution in [1.82, 2.24) is 14.8 Å². The third-order valence-corrected chi connectivity index (χ3v) is 5.58. The van der Waals surface area contributed by atoms with E-state index in [1.165, 1.54) is 5.56 Å². The average molecular weight is 402 g/mol. The molecule has 0 aliphatic carbocycles. The number of aryl methyl sites for hydroxylation is 1. The highest BCUT2D eigenvalue weighted by Gasteiger charge is 2.23. The molecule has 0 radical (unpaired) electrons. The second kappa shape index (κ2) is 9.09. The minimum Gasteiger partial charge on any atom is -0.497 e. The summed E-state index contributed by atoms with van der Waals surface area (Å²) in [5.41, 5.74) is 3.53. The Kier molecular flexibility index (Phi) is 6.10. The minimum atomic E-state index is 0.0594. The molecule has 0 N–H and O–H groups in total. The largest absolute Gasteiger partial charge is 0.497 e. The summed E-state index contributed by atoms with van der Waals surface area (Å²) in [5.74, 6) is 0.827. The first-order valence-corrected chi connectivity index (χ1v) is 10.3. The smallest absolute Gasteiger partial charge is 0.255 e. The summed E-state index contributed by atoms with van der Waals surface area (Å²) in [6.07, 6.45) is 4.34. The van der Waals surface area contributed by atoms with Gasteiger partial charge in [-0.2, -0.15) is 0 Å². The van der Waals surface area contributed by atoms with E-state index in [2.05, 4.69) is 34.2 Å². The maximum atomic E-state index is 13.1. The molecular formula is C25H27N3O2. The van der Waals surface area contributed by atoms with Crippen molar-refractivity contribution in [3.05, 3.63) is 77.5 Å². The van der Waals surface area contributed by atoms with Crippen LogP contribution in [0.1, 0.15) is 21.6 Å². The Labute approximate surface area is 177 Å². The number of carbonyl (C=O) groups is 1. The lowest BCUT2D eigenvalue weighted by atomic mass is 10.1. The fourth-order valence-electron chi connectivity index (χ4n) is 3.80. The van der Waals surface area contributed by atoms with Gasteiger partial charge in [0.15, 0.2) is 0 Å². The highest BCUT2D eigenvalue weighted by Crippen LogP contribution is 2.23. The summed E-state index contributed by atoms with van der Waals surface area (Å²) in [5, 5.41) is 0.924. The zero-order valence-electron chi connectivity index (χ0n) is 17.5. The number of hydrogen-bond donors (Lipinski definition) is 0. The molecule has 2 heterocycles. The van der Waals surface area contributed by atoms with Crippen LogP contribution in [0.3, 0.4) is 0 Å². The lowest BCUT2D eigenvalue weighted by Crippen LogP contribution is -2.48. The Morgan fingerprint density at radius 1 is 1.07 bits per heavy atom. The SMILES string of the molecule is COc1ccc2nc(C)c(C(=O)N3CCN(C/C=C/c4ccccc4)CC3)cc2c1. The van der Waals surface area contributed by atoms with Crippen molar-refractivity contribution in [3.8, 4) is 5.75 Å². The summed E-state index contributed by atoms with van der Waals surface area (Å²) < 4.78 is 5.31. The molecule has 30 heavy (non-hydrogen) atoms. The Balaban J connectivity index is 1.39. The number of benzene rings is 2. The van der Waals surface area contributed by atoms with E-state index in [1.807, 2.05) is 54.3 Å². The van der Waals surface area contributed by atoms with Crippen LogP contribution in [0, 0.1) is 6.92 Å². The second-order valence-electron chi connectivity index (χ2n) is 7.59. The average Bonchev–Trinajstić information content (AvgIpc) is 2.79. The number of piperazine rings is 1. The van der Waals surface area contributed by atoms with Crippen molar-refractivity contribution in [2.75, 3.05) is 39.8 Å². The molecule has 0 atom stereocenters. The highest BCUT2D eigenvalue weighted by atomic mass is 16.5. The molecule has 0 spiro atoms. The number of aromatic nitrogens is 1. The summed E-state index contributed by atoms with van der Waals surface area (Å²) >= 11 is 0. The van der Waals surface area contributed by atoms with Crippen molar-refractivity contribution in [2.45, 2.75) is 6.92 Å². The van der Waals surface area contributed by atoms with Gasteiger partial charge in [0.1, 0.15) is 5.75 Å². The lowest BCUT2D eigenvalue weighted by Gasteiger charge is -2.34. The predicted octanol–water partition coefficient (Wildman–Crippen LogP) is 4.02. The first-order chi connectivity index (χ1) is 14.6. The molecule has 5 nitrogen and oxygen atoms in total. The molecule has 1 aromatic heterocycles. The van der Waals surface area contributed by atoms with Crippen LogP contribution in [0.15, 0.2) is 60.7 Å². The number of ether oxygens (including phenoxy) is 1. The van der Waals surface area contributed by atoms with Crippen LogP contribution in [0.5, 0.6) is 5.75 Å². The first-order valence-electron chi connectivity index (χ1n) is 10.3. The summed E-state index contributed by atoms with van der Waals surface area (Å²) in [6, 6.07) is 18.0. The van der Waals surface area contributed by atoms with Crippen molar-refractivity contribution in [2.24, 2.45) is 0 Å². The van der Waals surface area contributed by atoms with Gasteiger partial charge >= 0.3 is 0 Å². The Morgan fingerprint density at radius 3 is 2.57 bits per heavy atom. The summed E-state index contributed by atoms with van der Waals surface area (Å²) in [7, 11) is 1.64. The monoisotopic (exact) mass is 401 g/mol. The van der Waals surface area contributed by atoms with Gasteiger partial charge in [-0.05, 0) is 36.8 Å². The first kappa shape index (κ1) is 20.1. The zero-order chi connectivity index (χ0) is 20.9. The Morgan fingerprint density at radius 2 is 1.83 bits per heavy atom. The normalized spacial score (nSPS) is 15.1. The van der Waals surface area contributed by atoms with Crippen molar-refractivity contribution in [1.29, 1.82) is 0 Å². The molecule has 3 aromatic rings. The summed E-state index contributed by atoms with van der Waals surface area (Å²) in [4.78, 5) is 22.1. The summed E-state index contributed by atoms with van der Waals surface area (Å²) in [6.45, 7) is 6.01. The Bertz CT molecular complexity index is 1050. The van der Waals surface area contributed by atoms with Gasteiger partial charge in [0.05, 0.1) is 23.9 Å². The van der Waals surface area contributed by atoms with E-state index in [0.29, 0.717) is 5.56 Å². The van der Waals surface area contributed by atoms with Gasteiger partial charge in [-0.1, -0.05) is 42.5 Å². The maximum Gasteiger partial charge on any atom is 0.255 e. The second-order valence-corrected chi connectivity index (χ2v) is 7.59. The molecule has 154 valence electrons. The number of nitrogens with zero attached hydrogens (tertiary/aromatic N) is 3. The van der Waals surface area contributed by atoms with E-state index in [4.69, 9.17) is 4.74 Å². The molecule has 1 fully saturated rings. The van der Waals surface area contributed by atoms with Gasteiger partial charge < -0.3 is 9.64 Å². The third-order valence-electron chi connectivity index (χ3n) is 5.58. The number of hydrogen-bond acceptors (Lipinski definition) is 4. The molecule has 0 bridgehead atoms. The molecule has 1 saturated heterocycles. The molecule has 1 amide bonds. The van der Waals surface area contributed by atoms with E-state index < -0.39 is 0 Å². The number of amides is 1. The molecule has 1 aliphatic rings. The molecule has 0 saturated carbocycles. The van der Waals surface area contributed by atoms with Gasteiger partial charge in [0.25, 0.3) is 5.91 Å². The molecule has 2 aromatic carbocycles. The minimum absolute atomic E-state index is 0.0594. The van der Waals surface area contributed by atoms with Gasteiger partial charge in [-0.25, -0.2) is 0 Å². The van der Waals surface area contributed by atoms with Crippen LogP contribution in [0.25, 0.3) is 17.0 Å². The van der Waals surface area contributed by atoms with E-state index in [9.17, 15) is 4.79 Å². The maximum absolute atomic E-state index is 13.1. The predicted molar refractivity (Wildman–Crippen MR) is 121 cm³/mol. The fourth-order valence-corrected chi connectivity index (χ4v) is 3.80. The topological polar surface area (TPSA) is 45.7 Å². The van der Waals surface area contributed by atoms with Gasteiger partial charge in [0.2, 0.25) is 0 Å². The van der Waals surface area contributed by atoms with E-state index in [-0.39, 0.29) is 5.91 Å². The van der Waals surface area contributed by atoms with Crippen LogP contribution < -0.4 is 4.74 Å². The van der Waals surface area contributed by atoms with Crippen LogP contribution in [-0.4, -0.2) is 60.5 Å². The number of rotatable bonds is 5. The molecule has 5 heteroatoms. The highest BCUT2D eigenvalue weighted by molar-refractivity contribution is 5.98. The number of carbonyl (C=O) groups excluding carboxylic acids is 1. The number of methoxy groups -OCH3 is 1. The van der Waals surface area contributed by atoms with Crippen LogP contribution in [-0.2, 0) is 0 Å². The number of fused-ring (bicyclic) bond motifs is 1. The number of pyridine rings is 1.